The molecule has 104 valence electrons. The van der Waals surface area contributed by atoms with E-state index in [0.29, 0.717) is 6.54 Å². The van der Waals surface area contributed by atoms with Crippen LogP contribution in [0.2, 0.25) is 0 Å². The molecule has 1 fully saturated rings. The lowest BCUT2D eigenvalue weighted by Crippen LogP contribution is -2.47. The van der Waals surface area contributed by atoms with E-state index >= 15 is 0 Å². The Kier molecular flexibility index (Phi) is 3.89. The third kappa shape index (κ3) is 2.43. The summed E-state index contributed by atoms with van der Waals surface area (Å²) in [6.07, 6.45) is 8.13. The van der Waals surface area contributed by atoms with E-state index in [4.69, 9.17) is 5.73 Å². The first kappa shape index (κ1) is 13.1. The number of amides is 1. The SMILES string of the molecule is NCC1CCCCN1C(=O)c1csc2c1CCCC2. The lowest BCUT2D eigenvalue weighted by atomic mass is 9.94. The Morgan fingerprint density at radius 1 is 1.32 bits per heavy atom. The van der Waals surface area contributed by atoms with E-state index in [2.05, 4.69) is 5.38 Å². The molecule has 3 nitrogen and oxygen atoms in total. The standard InChI is InChI=1S/C15H22N2OS/c16-9-11-5-3-4-8-17(11)15(18)13-10-19-14-7-2-1-6-12(13)14/h10-11H,1-9,16H2. The Balaban J connectivity index is 1.84. The van der Waals surface area contributed by atoms with Crippen molar-refractivity contribution in [3.05, 3.63) is 21.4 Å². The van der Waals surface area contributed by atoms with Crippen LogP contribution in [0.25, 0.3) is 0 Å². The minimum atomic E-state index is 0.231. The van der Waals surface area contributed by atoms with Gasteiger partial charge in [-0.2, -0.15) is 0 Å². The van der Waals surface area contributed by atoms with E-state index in [1.54, 1.807) is 11.3 Å². The molecule has 0 saturated carbocycles. The van der Waals surface area contributed by atoms with Crippen LogP contribution in [0.1, 0.15) is 52.9 Å². The fourth-order valence-electron chi connectivity index (χ4n) is 3.34. The van der Waals surface area contributed by atoms with Crippen LogP contribution in [0, 0.1) is 0 Å². The van der Waals surface area contributed by atoms with Gasteiger partial charge in [-0.05, 0) is 50.5 Å². The van der Waals surface area contributed by atoms with Crippen LogP contribution >= 0.6 is 11.3 Å². The first-order chi connectivity index (χ1) is 9.31. The summed E-state index contributed by atoms with van der Waals surface area (Å²) in [5.41, 5.74) is 8.14. The van der Waals surface area contributed by atoms with E-state index in [0.717, 1.165) is 37.8 Å². The molecule has 3 rings (SSSR count). The Bertz CT molecular complexity index is 469. The van der Waals surface area contributed by atoms with Gasteiger partial charge in [-0.3, -0.25) is 4.79 Å². The molecular formula is C15H22N2OS. The van der Waals surface area contributed by atoms with Crippen molar-refractivity contribution >= 4 is 17.2 Å². The quantitative estimate of drug-likeness (QED) is 0.904. The number of carbonyl (C=O) groups excluding carboxylic acids is 1. The zero-order chi connectivity index (χ0) is 13.2. The lowest BCUT2D eigenvalue weighted by Gasteiger charge is -2.35. The van der Waals surface area contributed by atoms with Crippen LogP contribution in [-0.4, -0.2) is 29.9 Å². The van der Waals surface area contributed by atoms with E-state index in [1.165, 1.54) is 29.7 Å². The number of carbonyl (C=O) groups is 1. The number of fused-ring (bicyclic) bond motifs is 1. The lowest BCUT2D eigenvalue weighted by molar-refractivity contribution is 0.0622. The molecule has 1 saturated heterocycles. The number of hydrogen-bond donors (Lipinski definition) is 1. The van der Waals surface area contributed by atoms with Crippen molar-refractivity contribution in [1.82, 2.24) is 4.90 Å². The van der Waals surface area contributed by atoms with Crippen molar-refractivity contribution in [3.63, 3.8) is 0 Å². The minimum Gasteiger partial charge on any atom is -0.334 e. The van der Waals surface area contributed by atoms with E-state index in [9.17, 15) is 4.79 Å². The normalized spacial score (nSPS) is 23.2. The van der Waals surface area contributed by atoms with Gasteiger partial charge in [-0.15, -0.1) is 11.3 Å². The summed E-state index contributed by atoms with van der Waals surface area (Å²) in [5.74, 6) is 0.231. The van der Waals surface area contributed by atoms with Crippen LogP contribution < -0.4 is 5.73 Å². The number of hydrogen-bond acceptors (Lipinski definition) is 3. The average Bonchev–Trinajstić information content (AvgIpc) is 2.90. The van der Waals surface area contributed by atoms with Gasteiger partial charge in [0.1, 0.15) is 0 Å². The predicted molar refractivity (Wildman–Crippen MR) is 78.7 cm³/mol. The molecule has 0 aromatic carbocycles. The summed E-state index contributed by atoms with van der Waals surface area (Å²) in [4.78, 5) is 16.2. The van der Waals surface area contributed by atoms with Gasteiger partial charge in [-0.25, -0.2) is 0 Å². The highest BCUT2D eigenvalue weighted by atomic mass is 32.1. The maximum atomic E-state index is 12.8. The van der Waals surface area contributed by atoms with Gasteiger partial charge in [0, 0.05) is 29.4 Å². The Hall–Kier alpha value is -0.870. The molecule has 19 heavy (non-hydrogen) atoms. The molecule has 2 heterocycles. The third-order valence-electron chi connectivity index (χ3n) is 4.45. The molecule has 1 atom stereocenters. The number of thiophene rings is 1. The maximum Gasteiger partial charge on any atom is 0.255 e. The molecule has 2 aliphatic rings. The Morgan fingerprint density at radius 2 is 2.16 bits per heavy atom. The summed E-state index contributed by atoms with van der Waals surface area (Å²) in [6, 6.07) is 0.250. The fraction of sp³-hybridized carbons (Fsp3) is 0.667. The number of likely N-dealkylation sites (tertiary alicyclic amines) is 1. The minimum absolute atomic E-state index is 0.231. The summed E-state index contributed by atoms with van der Waals surface area (Å²) >= 11 is 1.77. The van der Waals surface area contributed by atoms with Crippen LogP contribution in [0.5, 0.6) is 0 Å². The Morgan fingerprint density at radius 3 is 3.00 bits per heavy atom. The van der Waals surface area contributed by atoms with Crippen LogP contribution in [-0.2, 0) is 12.8 Å². The second-order valence-electron chi connectivity index (χ2n) is 5.64. The molecule has 1 amide bonds. The molecule has 0 bridgehead atoms. The second kappa shape index (κ2) is 5.63. The topological polar surface area (TPSA) is 46.3 Å². The molecule has 4 heteroatoms. The smallest absolute Gasteiger partial charge is 0.255 e. The van der Waals surface area contributed by atoms with Gasteiger partial charge in [0.2, 0.25) is 0 Å². The van der Waals surface area contributed by atoms with Crippen LogP contribution in [0.3, 0.4) is 0 Å². The average molecular weight is 278 g/mol. The van der Waals surface area contributed by atoms with Gasteiger partial charge in [0.05, 0.1) is 5.56 Å². The second-order valence-corrected chi connectivity index (χ2v) is 6.61. The summed E-state index contributed by atoms with van der Waals surface area (Å²) in [5, 5.41) is 2.08. The van der Waals surface area contributed by atoms with Crippen molar-refractivity contribution in [2.24, 2.45) is 5.73 Å². The zero-order valence-corrected chi connectivity index (χ0v) is 12.2. The maximum absolute atomic E-state index is 12.8. The highest BCUT2D eigenvalue weighted by molar-refractivity contribution is 7.10. The van der Waals surface area contributed by atoms with Crippen molar-refractivity contribution in [1.29, 1.82) is 0 Å². The highest BCUT2D eigenvalue weighted by Gasteiger charge is 2.29. The highest BCUT2D eigenvalue weighted by Crippen LogP contribution is 2.32. The molecule has 2 N–H and O–H groups in total. The molecule has 0 radical (unpaired) electrons. The van der Waals surface area contributed by atoms with Crippen molar-refractivity contribution < 1.29 is 4.79 Å². The van der Waals surface area contributed by atoms with Crippen molar-refractivity contribution in [3.8, 4) is 0 Å². The van der Waals surface area contributed by atoms with Crippen LogP contribution in [0.4, 0.5) is 0 Å². The summed E-state index contributed by atoms with van der Waals surface area (Å²) in [6.45, 7) is 1.48. The summed E-state index contributed by atoms with van der Waals surface area (Å²) < 4.78 is 0. The van der Waals surface area contributed by atoms with Crippen molar-refractivity contribution in [2.75, 3.05) is 13.1 Å². The number of piperidine rings is 1. The molecule has 1 aliphatic carbocycles. The van der Waals surface area contributed by atoms with E-state index < -0.39 is 0 Å². The third-order valence-corrected chi connectivity index (χ3v) is 5.54. The molecule has 1 unspecified atom stereocenters. The van der Waals surface area contributed by atoms with E-state index in [-0.39, 0.29) is 11.9 Å². The number of nitrogens with two attached hydrogens (primary N) is 1. The summed E-state index contributed by atoms with van der Waals surface area (Å²) in [7, 11) is 0. The van der Waals surface area contributed by atoms with Gasteiger partial charge < -0.3 is 10.6 Å². The van der Waals surface area contributed by atoms with E-state index in [1.807, 2.05) is 4.90 Å². The van der Waals surface area contributed by atoms with Crippen molar-refractivity contribution in [2.45, 2.75) is 51.0 Å². The van der Waals surface area contributed by atoms with Gasteiger partial charge in [0.25, 0.3) is 5.91 Å². The monoisotopic (exact) mass is 278 g/mol. The van der Waals surface area contributed by atoms with Gasteiger partial charge >= 0.3 is 0 Å². The molecule has 1 aliphatic heterocycles. The molecule has 1 aromatic heterocycles. The first-order valence-electron chi connectivity index (χ1n) is 7.41. The fourth-order valence-corrected chi connectivity index (χ4v) is 4.46. The molecule has 1 aromatic rings. The van der Waals surface area contributed by atoms with Gasteiger partial charge in [0.15, 0.2) is 0 Å². The zero-order valence-electron chi connectivity index (χ0n) is 11.4. The Labute approximate surface area is 118 Å². The van der Waals surface area contributed by atoms with Gasteiger partial charge in [-0.1, -0.05) is 0 Å². The number of nitrogens with zero attached hydrogens (tertiary/aromatic N) is 1. The number of rotatable bonds is 2. The first-order valence-corrected chi connectivity index (χ1v) is 8.29. The van der Waals surface area contributed by atoms with Crippen LogP contribution in [0.15, 0.2) is 5.38 Å². The molecule has 0 spiro atoms. The largest absolute Gasteiger partial charge is 0.334 e. The predicted octanol–water partition coefficient (Wildman–Crippen LogP) is 2.58. The number of aryl methyl sites for hydroxylation is 1. The molecular weight excluding hydrogens is 256 g/mol.